The Morgan fingerprint density at radius 3 is 2.72 bits per heavy atom. The number of nitrogens with one attached hydrogen (secondary N) is 1. The minimum absolute atomic E-state index is 0.227. The van der Waals surface area contributed by atoms with E-state index in [9.17, 15) is 0 Å². The van der Waals surface area contributed by atoms with E-state index in [-0.39, 0.29) is 6.04 Å². The SMILES string of the molecule is CNC(Cc1ccc(Br)cn1)c1cc(C)nn1C. The molecule has 0 aromatic carbocycles. The monoisotopic (exact) mass is 308 g/mol. The van der Waals surface area contributed by atoms with E-state index in [1.54, 1.807) is 0 Å². The lowest BCUT2D eigenvalue weighted by Gasteiger charge is -2.16. The maximum atomic E-state index is 4.41. The van der Waals surface area contributed by atoms with Gasteiger partial charge in [0.1, 0.15) is 0 Å². The highest BCUT2D eigenvalue weighted by Crippen LogP contribution is 2.18. The van der Waals surface area contributed by atoms with E-state index < -0.39 is 0 Å². The smallest absolute Gasteiger partial charge is 0.0597 e. The Kier molecular flexibility index (Phi) is 4.14. The van der Waals surface area contributed by atoms with Crippen LogP contribution in [0.5, 0.6) is 0 Å². The van der Waals surface area contributed by atoms with Crippen LogP contribution in [0.25, 0.3) is 0 Å². The summed E-state index contributed by atoms with van der Waals surface area (Å²) in [5.41, 5.74) is 3.28. The first kappa shape index (κ1) is 13.2. The topological polar surface area (TPSA) is 42.7 Å². The van der Waals surface area contributed by atoms with E-state index in [0.29, 0.717) is 0 Å². The third-order valence-electron chi connectivity index (χ3n) is 2.95. The summed E-state index contributed by atoms with van der Waals surface area (Å²) in [5.74, 6) is 0. The third kappa shape index (κ3) is 2.97. The number of aromatic nitrogens is 3. The number of hydrogen-bond donors (Lipinski definition) is 1. The van der Waals surface area contributed by atoms with Gasteiger partial charge in [-0.25, -0.2) is 0 Å². The van der Waals surface area contributed by atoms with Crippen molar-refractivity contribution in [3.05, 3.63) is 46.0 Å². The second-order valence-electron chi connectivity index (χ2n) is 4.35. The van der Waals surface area contributed by atoms with E-state index in [4.69, 9.17) is 0 Å². The van der Waals surface area contributed by atoms with Gasteiger partial charge in [0.15, 0.2) is 0 Å². The summed E-state index contributed by atoms with van der Waals surface area (Å²) in [6, 6.07) is 6.39. The second-order valence-corrected chi connectivity index (χ2v) is 5.26. The van der Waals surface area contributed by atoms with E-state index in [1.807, 2.05) is 44.0 Å². The average molecular weight is 309 g/mol. The van der Waals surface area contributed by atoms with Crippen LogP contribution in [0.3, 0.4) is 0 Å². The summed E-state index contributed by atoms with van der Waals surface area (Å²) < 4.78 is 2.93. The van der Waals surface area contributed by atoms with Gasteiger partial charge >= 0.3 is 0 Å². The standard InChI is InChI=1S/C13H17BrN4/c1-9-6-13(18(3)17-9)12(15-2)7-11-5-4-10(14)8-16-11/h4-6,8,12,15H,7H2,1-3H3. The molecule has 2 heterocycles. The van der Waals surface area contributed by atoms with Crippen molar-refractivity contribution in [2.45, 2.75) is 19.4 Å². The second kappa shape index (κ2) is 5.63. The Labute approximate surface area is 116 Å². The molecule has 0 aliphatic heterocycles. The van der Waals surface area contributed by atoms with Crippen molar-refractivity contribution in [1.29, 1.82) is 0 Å². The number of rotatable bonds is 4. The first-order chi connectivity index (χ1) is 8.60. The largest absolute Gasteiger partial charge is 0.311 e. The summed E-state index contributed by atoms with van der Waals surface area (Å²) in [6.45, 7) is 2.01. The lowest BCUT2D eigenvalue weighted by Crippen LogP contribution is -2.22. The van der Waals surface area contributed by atoms with E-state index in [2.05, 4.69) is 37.4 Å². The molecule has 0 fully saturated rings. The van der Waals surface area contributed by atoms with Crippen molar-refractivity contribution in [1.82, 2.24) is 20.1 Å². The molecule has 0 saturated heterocycles. The quantitative estimate of drug-likeness (QED) is 0.943. The van der Waals surface area contributed by atoms with Crippen LogP contribution >= 0.6 is 15.9 Å². The summed E-state index contributed by atoms with van der Waals surface area (Å²) in [7, 11) is 3.94. The Morgan fingerprint density at radius 2 is 2.22 bits per heavy atom. The maximum absolute atomic E-state index is 4.41. The Balaban J connectivity index is 2.19. The highest BCUT2D eigenvalue weighted by molar-refractivity contribution is 9.10. The fourth-order valence-corrected chi connectivity index (χ4v) is 2.28. The van der Waals surface area contributed by atoms with Gasteiger partial charge in [0.05, 0.1) is 17.4 Å². The van der Waals surface area contributed by atoms with Crippen molar-refractivity contribution in [2.24, 2.45) is 7.05 Å². The zero-order valence-electron chi connectivity index (χ0n) is 10.8. The number of likely N-dealkylation sites (N-methyl/N-ethyl adjacent to an activating group) is 1. The van der Waals surface area contributed by atoms with Gasteiger partial charge in [0, 0.05) is 29.8 Å². The molecule has 0 radical (unpaired) electrons. The van der Waals surface area contributed by atoms with Crippen molar-refractivity contribution >= 4 is 15.9 Å². The van der Waals surface area contributed by atoms with Crippen LogP contribution in [0.2, 0.25) is 0 Å². The molecule has 0 saturated carbocycles. The molecule has 4 nitrogen and oxygen atoms in total. The minimum Gasteiger partial charge on any atom is -0.311 e. The molecule has 2 rings (SSSR count). The molecule has 0 amide bonds. The zero-order valence-corrected chi connectivity index (χ0v) is 12.4. The molecule has 18 heavy (non-hydrogen) atoms. The molecule has 0 spiro atoms. The van der Waals surface area contributed by atoms with Gasteiger partial charge < -0.3 is 5.32 Å². The highest BCUT2D eigenvalue weighted by Gasteiger charge is 2.15. The van der Waals surface area contributed by atoms with Gasteiger partial charge in [-0.15, -0.1) is 0 Å². The normalized spacial score (nSPS) is 12.7. The fourth-order valence-electron chi connectivity index (χ4n) is 2.05. The van der Waals surface area contributed by atoms with E-state index >= 15 is 0 Å². The highest BCUT2D eigenvalue weighted by atomic mass is 79.9. The molecule has 1 unspecified atom stereocenters. The fraction of sp³-hybridized carbons (Fsp3) is 0.385. The van der Waals surface area contributed by atoms with Gasteiger partial charge in [-0.3, -0.25) is 9.67 Å². The van der Waals surface area contributed by atoms with Crippen molar-refractivity contribution in [3.63, 3.8) is 0 Å². The molecule has 1 atom stereocenters. The summed E-state index contributed by atoms with van der Waals surface area (Å²) >= 11 is 3.40. The predicted octanol–water partition coefficient (Wildman–Crippen LogP) is 2.39. The van der Waals surface area contributed by atoms with Gasteiger partial charge in [-0.2, -0.15) is 5.10 Å². The zero-order chi connectivity index (χ0) is 13.1. The number of hydrogen-bond acceptors (Lipinski definition) is 3. The Bertz CT molecular complexity index is 518. The summed E-state index contributed by atoms with van der Waals surface area (Å²) in [6.07, 6.45) is 2.68. The van der Waals surface area contributed by atoms with Gasteiger partial charge in [-0.05, 0) is 48.1 Å². The molecule has 1 N–H and O–H groups in total. The lowest BCUT2D eigenvalue weighted by atomic mass is 10.1. The molecule has 0 bridgehead atoms. The van der Waals surface area contributed by atoms with Crippen LogP contribution in [0, 0.1) is 6.92 Å². The van der Waals surface area contributed by atoms with Crippen LogP contribution in [0.4, 0.5) is 0 Å². The van der Waals surface area contributed by atoms with Gasteiger partial charge in [0.2, 0.25) is 0 Å². The Morgan fingerprint density at radius 1 is 1.44 bits per heavy atom. The average Bonchev–Trinajstić information content (AvgIpc) is 2.68. The minimum atomic E-state index is 0.227. The summed E-state index contributed by atoms with van der Waals surface area (Å²) in [5, 5.41) is 7.71. The first-order valence-corrected chi connectivity index (χ1v) is 6.67. The van der Waals surface area contributed by atoms with E-state index in [0.717, 1.165) is 22.3 Å². The van der Waals surface area contributed by atoms with Gasteiger partial charge in [-0.1, -0.05) is 0 Å². The van der Waals surface area contributed by atoms with Crippen molar-refractivity contribution < 1.29 is 0 Å². The Hall–Kier alpha value is -1.20. The predicted molar refractivity (Wildman–Crippen MR) is 75.4 cm³/mol. The van der Waals surface area contributed by atoms with E-state index in [1.165, 1.54) is 5.69 Å². The summed E-state index contributed by atoms with van der Waals surface area (Å²) in [4.78, 5) is 4.41. The lowest BCUT2D eigenvalue weighted by molar-refractivity contribution is 0.532. The molecule has 0 aliphatic rings. The molecule has 2 aromatic rings. The maximum Gasteiger partial charge on any atom is 0.0597 e. The molecular formula is C13H17BrN4. The molecule has 5 heteroatoms. The van der Waals surface area contributed by atoms with Crippen molar-refractivity contribution in [3.8, 4) is 0 Å². The van der Waals surface area contributed by atoms with Crippen molar-refractivity contribution in [2.75, 3.05) is 7.05 Å². The van der Waals surface area contributed by atoms with Crippen LogP contribution in [0.1, 0.15) is 23.1 Å². The van der Waals surface area contributed by atoms with Crippen LogP contribution in [0.15, 0.2) is 28.9 Å². The molecular weight excluding hydrogens is 292 g/mol. The van der Waals surface area contributed by atoms with Crippen LogP contribution in [-0.4, -0.2) is 21.8 Å². The molecule has 2 aromatic heterocycles. The van der Waals surface area contributed by atoms with Crippen LogP contribution in [-0.2, 0) is 13.5 Å². The number of halogens is 1. The van der Waals surface area contributed by atoms with Gasteiger partial charge in [0.25, 0.3) is 0 Å². The molecule has 0 aliphatic carbocycles. The number of pyridine rings is 1. The third-order valence-corrected chi connectivity index (χ3v) is 3.41. The van der Waals surface area contributed by atoms with Crippen LogP contribution < -0.4 is 5.32 Å². The number of aryl methyl sites for hydroxylation is 2. The first-order valence-electron chi connectivity index (χ1n) is 5.88. The number of nitrogens with zero attached hydrogens (tertiary/aromatic N) is 3. The molecule has 96 valence electrons.